The standard InChI is InChI=1S/C24H21N3O2S2/c1-16(28)27(2)13-17-8-10-18(11-9-17)21(29)14-30-23-20-12-22(19-6-4-3-5-7-19)31-24(20)26-15-25-23/h3-12,15H,13-14H2,1-2H3. The van der Waals surface area contributed by atoms with Crippen molar-refractivity contribution in [3.8, 4) is 10.4 Å². The fraction of sp³-hybridized carbons (Fsp3) is 0.167. The van der Waals surface area contributed by atoms with E-state index in [2.05, 4.69) is 28.2 Å². The van der Waals surface area contributed by atoms with Gasteiger partial charge in [0, 0.05) is 36.3 Å². The molecule has 0 fully saturated rings. The molecule has 1 amide bonds. The van der Waals surface area contributed by atoms with Crippen molar-refractivity contribution in [2.75, 3.05) is 12.8 Å². The minimum atomic E-state index is 0.0107. The van der Waals surface area contributed by atoms with Gasteiger partial charge in [-0.15, -0.1) is 11.3 Å². The number of thiophene rings is 1. The molecule has 0 aliphatic carbocycles. The molecule has 31 heavy (non-hydrogen) atoms. The zero-order valence-corrected chi connectivity index (χ0v) is 18.9. The summed E-state index contributed by atoms with van der Waals surface area (Å²) in [6, 6.07) is 19.7. The third-order valence-electron chi connectivity index (χ3n) is 4.92. The Kier molecular flexibility index (Phi) is 6.44. The maximum Gasteiger partial charge on any atom is 0.219 e. The molecule has 0 saturated carbocycles. The predicted molar refractivity (Wildman–Crippen MR) is 126 cm³/mol. The Hall–Kier alpha value is -3.03. The molecule has 0 aliphatic rings. The number of carbonyl (C=O) groups excluding carboxylic acids is 2. The fourth-order valence-corrected chi connectivity index (χ4v) is 5.03. The van der Waals surface area contributed by atoms with Crippen LogP contribution in [-0.4, -0.2) is 39.4 Å². The lowest BCUT2D eigenvalue weighted by Crippen LogP contribution is -2.22. The van der Waals surface area contributed by atoms with Crippen molar-refractivity contribution in [2.24, 2.45) is 0 Å². The van der Waals surface area contributed by atoms with Gasteiger partial charge in [-0.1, -0.05) is 66.4 Å². The van der Waals surface area contributed by atoms with Crippen LogP contribution in [0.25, 0.3) is 20.7 Å². The molecule has 0 aliphatic heterocycles. The summed E-state index contributed by atoms with van der Waals surface area (Å²) in [7, 11) is 1.76. The summed E-state index contributed by atoms with van der Waals surface area (Å²) in [5, 5.41) is 1.79. The molecule has 0 atom stereocenters. The van der Waals surface area contributed by atoms with E-state index in [-0.39, 0.29) is 11.7 Å². The molecule has 0 saturated heterocycles. The quantitative estimate of drug-likeness (QED) is 0.218. The number of rotatable bonds is 7. The van der Waals surface area contributed by atoms with Crippen molar-refractivity contribution in [1.82, 2.24) is 14.9 Å². The van der Waals surface area contributed by atoms with Gasteiger partial charge in [-0.05, 0) is 17.2 Å². The van der Waals surface area contributed by atoms with E-state index in [0.29, 0.717) is 17.9 Å². The number of thioether (sulfide) groups is 1. The largest absolute Gasteiger partial charge is 0.342 e. The van der Waals surface area contributed by atoms with Gasteiger partial charge in [-0.25, -0.2) is 9.97 Å². The molecular formula is C24H21N3O2S2. The van der Waals surface area contributed by atoms with Crippen molar-refractivity contribution in [3.05, 3.63) is 78.1 Å². The van der Waals surface area contributed by atoms with Gasteiger partial charge in [0.25, 0.3) is 0 Å². The van der Waals surface area contributed by atoms with Crippen LogP contribution in [0.2, 0.25) is 0 Å². The van der Waals surface area contributed by atoms with Crippen LogP contribution in [0.5, 0.6) is 0 Å². The first kappa shape index (κ1) is 21.2. The van der Waals surface area contributed by atoms with E-state index in [1.54, 1.807) is 29.6 Å². The summed E-state index contributed by atoms with van der Waals surface area (Å²) >= 11 is 3.06. The number of Topliss-reactive ketones (excluding diaryl/α,β-unsaturated/α-hetero) is 1. The van der Waals surface area contributed by atoms with E-state index in [9.17, 15) is 9.59 Å². The first-order valence-corrected chi connectivity index (χ1v) is 11.6. The van der Waals surface area contributed by atoms with Crippen molar-refractivity contribution in [1.29, 1.82) is 0 Å². The summed E-state index contributed by atoms with van der Waals surface area (Å²) in [5.41, 5.74) is 2.79. The van der Waals surface area contributed by atoms with Crippen molar-refractivity contribution in [3.63, 3.8) is 0 Å². The normalized spacial score (nSPS) is 10.9. The molecule has 0 unspecified atom stereocenters. The van der Waals surface area contributed by atoms with Gasteiger partial charge >= 0.3 is 0 Å². The monoisotopic (exact) mass is 447 g/mol. The molecule has 0 spiro atoms. The Morgan fingerprint density at radius 3 is 2.48 bits per heavy atom. The topological polar surface area (TPSA) is 63.2 Å². The van der Waals surface area contributed by atoms with Gasteiger partial charge in [0.1, 0.15) is 16.2 Å². The summed E-state index contributed by atoms with van der Waals surface area (Å²) in [6.45, 7) is 2.06. The molecule has 156 valence electrons. The molecule has 0 N–H and O–H groups in total. The van der Waals surface area contributed by atoms with E-state index in [1.165, 1.54) is 18.7 Å². The first-order chi connectivity index (χ1) is 15.0. The first-order valence-electron chi connectivity index (χ1n) is 9.78. The molecule has 4 aromatic rings. The number of aromatic nitrogens is 2. The van der Waals surface area contributed by atoms with Crippen LogP contribution in [0.3, 0.4) is 0 Å². The zero-order valence-electron chi connectivity index (χ0n) is 17.2. The van der Waals surface area contributed by atoms with Gasteiger partial charge in [0.2, 0.25) is 5.91 Å². The van der Waals surface area contributed by atoms with Crippen LogP contribution < -0.4 is 0 Å². The average Bonchev–Trinajstić information content (AvgIpc) is 3.23. The second kappa shape index (κ2) is 9.41. The molecule has 2 heterocycles. The highest BCUT2D eigenvalue weighted by Gasteiger charge is 2.13. The second-order valence-corrected chi connectivity index (χ2v) is 9.15. The van der Waals surface area contributed by atoms with Crippen LogP contribution in [-0.2, 0) is 11.3 Å². The summed E-state index contributed by atoms with van der Waals surface area (Å²) < 4.78 is 0. The van der Waals surface area contributed by atoms with Gasteiger partial charge < -0.3 is 4.90 Å². The van der Waals surface area contributed by atoms with Crippen LogP contribution in [0.4, 0.5) is 0 Å². The lowest BCUT2D eigenvalue weighted by Gasteiger charge is -2.14. The third-order valence-corrected chi connectivity index (χ3v) is 7.02. The van der Waals surface area contributed by atoms with E-state index < -0.39 is 0 Å². The minimum Gasteiger partial charge on any atom is -0.342 e. The Balaban J connectivity index is 1.46. The van der Waals surface area contributed by atoms with Gasteiger partial charge in [-0.3, -0.25) is 9.59 Å². The number of benzene rings is 2. The van der Waals surface area contributed by atoms with Crippen LogP contribution in [0.1, 0.15) is 22.8 Å². The molecule has 2 aromatic heterocycles. The predicted octanol–water partition coefficient (Wildman–Crippen LogP) is 5.31. The smallest absolute Gasteiger partial charge is 0.219 e. The van der Waals surface area contributed by atoms with Crippen molar-refractivity contribution < 1.29 is 9.59 Å². The van der Waals surface area contributed by atoms with E-state index >= 15 is 0 Å². The third kappa shape index (κ3) is 5.00. The highest BCUT2D eigenvalue weighted by molar-refractivity contribution is 8.00. The van der Waals surface area contributed by atoms with Gasteiger partial charge in [-0.2, -0.15) is 0 Å². The molecule has 0 bridgehead atoms. The second-order valence-electron chi connectivity index (χ2n) is 7.16. The molecule has 0 radical (unpaired) electrons. The number of ketones is 1. The highest BCUT2D eigenvalue weighted by atomic mass is 32.2. The number of amides is 1. The molecular weight excluding hydrogens is 426 g/mol. The Morgan fingerprint density at radius 2 is 1.77 bits per heavy atom. The summed E-state index contributed by atoms with van der Waals surface area (Å²) in [6.07, 6.45) is 1.56. The molecule has 7 heteroatoms. The van der Waals surface area contributed by atoms with Gasteiger partial charge in [0.15, 0.2) is 5.78 Å². The average molecular weight is 448 g/mol. The van der Waals surface area contributed by atoms with Crippen LogP contribution >= 0.6 is 23.1 Å². The zero-order chi connectivity index (χ0) is 21.8. The highest BCUT2D eigenvalue weighted by Crippen LogP contribution is 2.36. The van der Waals surface area contributed by atoms with E-state index in [1.807, 2.05) is 42.5 Å². The Labute approximate surface area is 189 Å². The summed E-state index contributed by atoms with van der Waals surface area (Å²) in [5.74, 6) is 0.355. The number of hydrogen-bond acceptors (Lipinski definition) is 6. The lowest BCUT2D eigenvalue weighted by atomic mass is 10.1. The molecule has 4 rings (SSSR count). The van der Waals surface area contributed by atoms with Crippen molar-refractivity contribution >= 4 is 45.0 Å². The van der Waals surface area contributed by atoms with Crippen LogP contribution in [0.15, 0.2) is 72.0 Å². The van der Waals surface area contributed by atoms with E-state index in [0.717, 1.165) is 31.2 Å². The number of hydrogen-bond donors (Lipinski definition) is 0. The van der Waals surface area contributed by atoms with Crippen LogP contribution in [0, 0.1) is 0 Å². The summed E-state index contributed by atoms with van der Waals surface area (Å²) in [4.78, 5) is 36.6. The van der Waals surface area contributed by atoms with Gasteiger partial charge in [0.05, 0.1) is 5.75 Å². The number of fused-ring (bicyclic) bond motifs is 1. The number of carbonyl (C=O) groups is 2. The Bertz CT molecular complexity index is 1220. The van der Waals surface area contributed by atoms with E-state index in [4.69, 9.17) is 0 Å². The SMILES string of the molecule is CC(=O)N(C)Cc1ccc(C(=O)CSc2ncnc3sc(-c4ccccc4)cc23)cc1. The number of nitrogens with zero attached hydrogens (tertiary/aromatic N) is 3. The maximum atomic E-state index is 12.7. The van der Waals surface area contributed by atoms with Crippen molar-refractivity contribution in [2.45, 2.75) is 18.5 Å². The maximum absolute atomic E-state index is 12.7. The molecule has 2 aromatic carbocycles. The minimum absolute atomic E-state index is 0.0107. The fourth-order valence-electron chi connectivity index (χ4n) is 3.09. The Morgan fingerprint density at radius 1 is 1.03 bits per heavy atom. The molecule has 5 nitrogen and oxygen atoms in total. The lowest BCUT2D eigenvalue weighted by molar-refractivity contribution is -0.128.